The molecule has 0 fully saturated rings. The van der Waals surface area contributed by atoms with Crippen LogP contribution in [0.3, 0.4) is 0 Å². The molecule has 8 heavy (non-hydrogen) atoms. The molecule has 0 saturated carbocycles. The number of nitrogens with zero attached hydrogens (tertiary/aromatic N) is 2. The van der Waals surface area contributed by atoms with Crippen LogP contribution in [-0.4, -0.2) is 9.97 Å². The van der Waals surface area contributed by atoms with Gasteiger partial charge in [0.2, 0.25) is 0 Å². The number of hydrogen-bond acceptors (Lipinski definition) is 2. The van der Waals surface area contributed by atoms with Crippen LogP contribution in [0, 0.1) is 6.20 Å². The summed E-state index contributed by atoms with van der Waals surface area (Å²) >= 11 is 0.847. The molecule has 1 heterocycles. The van der Waals surface area contributed by atoms with Crippen molar-refractivity contribution < 1.29 is 17.3 Å². The van der Waals surface area contributed by atoms with Crippen molar-refractivity contribution in [2.24, 2.45) is 0 Å². The molecule has 0 saturated heterocycles. The van der Waals surface area contributed by atoms with Gasteiger partial charge in [-0.25, -0.2) is 0 Å². The fourth-order valence-corrected chi connectivity index (χ4v) is 0.225. The third-order valence-electron chi connectivity index (χ3n) is 0.434. The zero-order chi connectivity index (χ0) is 6.24. The molecule has 0 aromatic carbocycles. The van der Waals surface area contributed by atoms with Gasteiger partial charge in [0.15, 0.2) is 0 Å². The first-order chi connectivity index (χ1) is 4.00. The predicted octanol–water partition coefficient (Wildman–Crippen LogP) is 0.964. The molecule has 2 nitrogen and oxygen atoms in total. The molecular weight excluding hydrogens is 177 g/mol. The summed E-state index contributed by atoms with van der Waals surface area (Å²) in [6.45, 7) is 0. The van der Waals surface area contributed by atoms with Crippen LogP contribution in [0.5, 0.6) is 0 Å². The van der Waals surface area contributed by atoms with E-state index < -0.39 is 0 Å². The summed E-state index contributed by atoms with van der Waals surface area (Å²) in [5.74, 6) is 0. The monoisotopic (exact) mass is 178 g/mol. The molecule has 0 spiro atoms. The minimum atomic E-state index is 0.847. The van der Waals surface area contributed by atoms with Crippen LogP contribution < -0.4 is 0 Å². The van der Waals surface area contributed by atoms with Crippen LogP contribution in [-0.2, 0) is 17.3 Å². The Morgan fingerprint density at radius 3 is 2.25 bits per heavy atom. The van der Waals surface area contributed by atoms with E-state index in [1.165, 1.54) is 6.20 Å². The summed E-state index contributed by atoms with van der Waals surface area (Å²) in [7, 11) is 4.76. The molecular formula is C4H3ClN2Zn. The average molecular weight is 180 g/mol. The Bertz CT molecular complexity index is 86.0. The minimum absolute atomic E-state index is 0.847. The summed E-state index contributed by atoms with van der Waals surface area (Å²) < 4.78 is 0. The Hall–Kier alpha value is -0.00662. The first kappa shape index (κ1) is 7.99. The van der Waals surface area contributed by atoms with E-state index >= 15 is 0 Å². The Morgan fingerprint density at radius 2 is 2.12 bits per heavy atom. The third-order valence-corrected chi connectivity index (χ3v) is 0.434. The van der Waals surface area contributed by atoms with Gasteiger partial charge in [-0.3, -0.25) is 0 Å². The van der Waals surface area contributed by atoms with Gasteiger partial charge in [0.05, 0.1) is 0 Å². The molecule has 0 aliphatic rings. The standard InChI is InChI=1S/C4H3N2.ClH.Zn/c1-2-6-4-3-5-1;;/h1-3H;1H;/q-1;;+2/p-1. The molecule has 0 bridgehead atoms. The van der Waals surface area contributed by atoms with Crippen molar-refractivity contribution in [3.63, 3.8) is 0 Å². The summed E-state index contributed by atoms with van der Waals surface area (Å²) in [4.78, 5) is 7.26. The maximum atomic E-state index is 4.76. The molecule has 0 aliphatic carbocycles. The van der Waals surface area contributed by atoms with E-state index in [2.05, 4.69) is 16.2 Å². The molecule has 0 radical (unpaired) electrons. The van der Waals surface area contributed by atoms with E-state index in [-0.39, 0.29) is 0 Å². The summed E-state index contributed by atoms with van der Waals surface area (Å²) in [5, 5.41) is 0. The number of halogens is 1. The van der Waals surface area contributed by atoms with Gasteiger partial charge in [0.1, 0.15) is 0 Å². The van der Waals surface area contributed by atoms with Gasteiger partial charge in [-0.05, 0) is 12.4 Å². The SMILES string of the molecule is [Cl][Zn+].[c-]1cnccn1. The van der Waals surface area contributed by atoms with Crippen LogP contribution >= 0.6 is 9.69 Å². The topological polar surface area (TPSA) is 25.8 Å². The first-order valence-electron chi connectivity index (χ1n) is 1.89. The molecule has 0 amide bonds. The van der Waals surface area contributed by atoms with Crippen molar-refractivity contribution in [2.45, 2.75) is 0 Å². The molecule has 0 unspecified atom stereocenters. The van der Waals surface area contributed by atoms with E-state index in [1.807, 2.05) is 0 Å². The van der Waals surface area contributed by atoms with Crippen LogP contribution in [0.4, 0.5) is 0 Å². The van der Waals surface area contributed by atoms with Gasteiger partial charge < -0.3 is 9.97 Å². The van der Waals surface area contributed by atoms with Crippen LogP contribution in [0.25, 0.3) is 0 Å². The van der Waals surface area contributed by atoms with E-state index in [0.29, 0.717) is 0 Å². The van der Waals surface area contributed by atoms with Gasteiger partial charge >= 0.3 is 27.0 Å². The Morgan fingerprint density at radius 1 is 1.38 bits per heavy atom. The van der Waals surface area contributed by atoms with Gasteiger partial charge in [-0.2, -0.15) is 0 Å². The van der Waals surface area contributed by atoms with Crippen molar-refractivity contribution in [2.75, 3.05) is 0 Å². The van der Waals surface area contributed by atoms with E-state index in [1.54, 1.807) is 12.4 Å². The summed E-state index contributed by atoms with van der Waals surface area (Å²) in [5.41, 5.74) is 0. The van der Waals surface area contributed by atoms with Gasteiger partial charge in [-0.15, -0.1) is 12.4 Å². The van der Waals surface area contributed by atoms with Crippen molar-refractivity contribution in [3.05, 3.63) is 24.8 Å². The fraction of sp³-hybridized carbons (Fsp3) is 0. The summed E-state index contributed by atoms with van der Waals surface area (Å²) in [6, 6.07) is 0. The number of hydrogen-bond donors (Lipinski definition) is 0. The smallest absolute Gasteiger partial charge is 0.0387 e. The second kappa shape index (κ2) is 6.99. The maximum absolute atomic E-state index is 4.76. The second-order valence-electron chi connectivity index (χ2n) is 0.835. The third kappa shape index (κ3) is 4.16. The Kier molecular flexibility index (Phi) is 6.99. The van der Waals surface area contributed by atoms with Crippen molar-refractivity contribution in [1.82, 2.24) is 9.97 Å². The fourth-order valence-electron chi connectivity index (χ4n) is 0.225. The molecule has 0 N–H and O–H groups in total. The van der Waals surface area contributed by atoms with Crippen LogP contribution in [0.15, 0.2) is 18.6 Å². The molecule has 38 valence electrons. The minimum Gasteiger partial charge on any atom is -0.456 e. The molecule has 0 aliphatic heterocycles. The van der Waals surface area contributed by atoms with Gasteiger partial charge in [-0.1, -0.05) is 0 Å². The van der Waals surface area contributed by atoms with Gasteiger partial charge in [0, 0.05) is 0 Å². The van der Waals surface area contributed by atoms with Crippen molar-refractivity contribution in [3.8, 4) is 0 Å². The normalized spacial score (nSPS) is 6.88. The molecule has 4 heteroatoms. The van der Waals surface area contributed by atoms with Crippen LogP contribution in [0.2, 0.25) is 0 Å². The van der Waals surface area contributed by atoms with Gasteiger partial charge in [0.25, 0.3) is 0 Å². The quantitative estimate of drug-likeness (QED) is 0.439. The largest absolute Gasteiger partial charge is 0.456 e. The maximum Gasteiger partial charge on any atom is -0.0387 e. The zero-order valence-electron chi connectivity index (χ0n) is 4.21. The molecule has 1 aromatic heterocycles. The Balaban J connectivity index is 0.000000222. The summed E-state index contributed by atoms with van der Waals surface area (Å²) in [6.07, 6.45) is 7.24. The molecule has 1 aromatic rings. The van der Waals surface area contributed by atoms with Crippen LogP contribution in [0.1, 0.15) is 0 Å². The molecule has 0 atom stereocenters. The number of aromatic nitrogens is 2. The number of rotatable bonds is 0. The van der Waals surface area contributed by atoms with E-state index in [0.717, 1.165) is 17.3 Å². The predicted molar refractivity (Wildman–Crippen MR) is 26.7 cm³/mol. The van der Waals surface area contributed by atoms with Crippen molar-refractivity contribution >= 4 is 9.69 Å². The average Bonchev–Trinajstić information content (AvgIpc) is 1.96. The molecule has 1 rings (SSSR count). The van der Waals surface area contributed by atoms with E-state index in [4.69, 9.17) is 9.69 Å². The Labute approximate surface area is 62.0 Å². The second-order valence-corrected chi connectivity index (χ2v) is 0.835. The van der Waals surface area contributed by atoms with E-state index in [9.17, 15) is 0 Å². The van der Waals surface area contributed by atoms with Crippen molar-refractivity contribution in [1.29, 1.82) is 0 Å². The first-order valence-corrected chi connectivity index (χ1v) is 5.79. The zero-order valence-corrected chi connectivity index (χ0v) is 7.93.